The Kier molecular flexibility index (Phi) is 6.60. The second-order valence-corrected chi connectivity index (χ2v) is 6.83. The number of aromatic nitrogens is 3. The Balaban J connectivity index is 1.83. The Morgan fingerprint density at radius 1 is 1.28 bits per heavy atom. The minimum absolute atomic E-state index is 0.0253. The van der Waals surface area contributed by atoms with E-state index >= 15 is 0 Å². The van der Waals surface area contributed by atoms with E-state index in [9.17, 15) is 8.78 Å². The molecule has 0 fully saturated rings. The van der Waals surface area contributed by atoms with Gasteiger partial charge < -0.3 is 9.47 Å². The third-order valence-corrected chi connectivity index (χ3v) is 4.53. The van der Waals surface area contributed by atoms with Gasteiger partial charge in [-0.2, -0.15) is 14.9 Å². The van der Waals surface area contributed by atoms with Crippen LogP contribution in [0.5, 0.6) is 11.5 Å². The standard InChI is InChI=1S/C19H17ClF2N4O2S/c1-11-3-5-16(14(20)7-11)28-10-13-8-12(4-6-15(13)27-2)9-23-26-18(17(21)22)24-25-19(26)29/h3-9,17H,10H2,1-2H3,(H,25,29)/b23-9-. The number of ether oxygens (including phenoxy) is 2. The highest BCUT2D eigenvalue weighted by atomic mass is 35.5. The first-order chi connectivity index (χ1) is 13.9. The van der Waals surface area contributed by atoms with Crippen molar-refractivity contribution in [2.75, 3.05) is 7.11 Å². The SMILES string of the molecule is COc1ccc(/C=N\n2c(C(F)F)n[nH]c2=S)cc1COc1ccc(C)cc1Cl. The van der Waals surface area contributed by atoms with Crippen molar-refractivity contribution in [3.05, 3.63) is 68.7 Å². The molecule has 0 radical (unpaired) electrons. The third-order valence-electron chi connectivity index (χ3n) is 3.97. The van der Waals surface area contributed by atoms with Crippen molar-refractivity contribution in [3.8, 4) is 11.5 Å². The molecule has 0 saturated carbocycles. The largest absolute Gasteiger partial charge is 0.496 e. The van der Waals surface area contributed by atoms with Crippen molar-refractivity contribution in [1.29, 1.82) is 0 Å². The Morgan fingerprint density at radius 3 is 2.72 bits per heavy atom. The van der Waals surface area contributed by atoms with Gasteiger partial charge in [-0.25, -0.2) is 13.9 Å². The number of methoxy groups -OCH3 is 1. The highest BCUT2D eigenvalue weighted by molar-refractivity contribution is 7.71. The molecule has 1 aromatic heterocycles. The summed E-state index contributed by atoms with van der Waals surface area (Å²) in [7, 11) is 1.55. The molecule has 1 N–H and O–H groups in total. The average Bonchev–Trinajstić information content (AvgIpc) is 3.06. The van der Waals surface area contributed by atoms with Crippen molar-refractivity contribution in [3.63, 3.8) is 0 Å². The van der Waals surface area contributed by atoms with Crippen LogP contribution in [-0.4, -0.2) is 28.2 Å². The van der Waals surface area contributed by atoms with Crippen molar-refractivity contribution >= 4 is 30.0 Å². The summed E-state index contributed by atoms with van der Waals surface area (Å²) in [4.78, 5) is 0. The maximum absolute atomic E-state index is 13.0. The van der Waals surface area contributed by atoms with Crippen LogP contribution in [-0.2, 0) is 6.61 Å². The second-order valence-electron chi connectivity index (χ2n) is 6.04. The van der Waals surface area contributed by atoms with Crippen LogP contribution in [0, 0.1) is 11.7 Å². The van der Waals surface area contributed by atoms with Gasteiger partial charge in [-0.05, 0) is 60.6 Å². The fourth-order valence-electron chi connectivity index (χ4n) is 2.55. The van der Waals surface area contributed by atoms with Gasteiger partial charge in [0.1, 0.15) is 18.1 Å². The highest BCUT2D eigenvalue weighted by Crippen LogP contribution is 2.28. The van der Waals surface area contributed by atoms with E-state index in [0.717, 1.165) is 15.8 Å². The normalized spacial score (nSPS) is 11.4. The summed E-state index contributed by atoms with van der Waals surface area (Å²) in [6.07, 6.45) is -1.40. The number of rotatable bonds is 7. The molecule has 152 valence electrons. The molecule has 0 amide bonds. The lowest BCUT2D eigenvalue weighted by atomic mass is 10.1. The fraction of sp³-hybridized carbons (Fsp3) is 0.211. The predicted octanol–water partition coefficient (Wildman–Crippen LogP) is 5.31. The van der Waals surface area contributed by atoms with Gasteiger partial charge in [0.05, 0.1) is 18.3 Å². The molecular weight excluding hydrogens is 422 g/mol. The van der Waals surface area contributed by atoms with Crippen molar-refractivity contribution in [2.24, 2.45) is 5.10 Å². The van der Waals surface area contributed by atoms with Crippen LogP contribution >= 0.6 is 23.8 Å². The number of halogens is 3. The number of hydrogen-bond donors (Lipinski definition) is 1. The molecule has 2 aromatic carbocycles. The maximum atomic E-state index is 13.0. The second kappa shape index (κ2) is 9.15. The maximum Gasteiger partial charge on any atom is 0.299 e. The molecule has 0 aliphatic heterocycles. The molecule has 3 aromatic rings. The minimum atomic E-state index is -2.81. The predicted molar refractivity (Wildman–Crippen MR) is 109 cm³/mol. The molecule has 0 aliphatic carbocycles. The van der Waals surface area contributed by atoms with Crippen molar-refractivity contribution < 1.29 is 18.3 Å². The Bertz CT molecular complexity index is 1100. The number of nitrogens with one attached hydrogen (secondary N) is 1. The Labute approximate surface area is 175 Å². The Morgan fingerprint density at radius 2 is 2.03 bits per heavy atom. The van der Waals surface area contributed by atoms with Crippen LogP contribution in [0.3, 0.4) is 0 Å². The number of aromatic amines is 1. The van der Waals surface area contributed by atoms with Gasteiger partial charge in [0.25, 0.3) is 6.43 Å². The number of H-pyrrole nitrogens is 1. The zero-order valence-electron chi connectivity index (χ0n) is 15.5. The first kappa shape index (κ1) is 20.9. The number of hydrogen-bond acceptors (Lipinski definition) is 5. The van der Waals surface area contributed by atoms with E-state index in [-0.39, 0.29) is 11.4 Å². The smallest absolute Gasteiger partial charge is 0.299 e. The topological polar surface area (TPSA) is 64.4 Å². The molecule has 0 aliphatic rings. The van der Waals surface area contributed by atoms with E-state index in [1.54, 1.807) is 31.4 Å². The average molecular weight is 439 g/mol. The van der Waals surface area contributed by atoms with Crippen LogP contribution in [0.25, 0.3) is 0 Å². The lowest BCUT2D eigenvalue weighted by Gasteiger charge is -2.12. The summed E-state index contributed by atoms with van der Waals surface area (Å²) >= 11 is 11.1. The van der Waals surface area contributed by atoms with Gasteiger partial charge in [0.2, 0.25) is 10.6 Å². The summed E-state index contributed by atoms with van der Waals surface area (Å²) in [5, 5.41) is 10.3. The monoisotopic (exact) mass is 438 g/mol. The molecule has 3 rings (SSSR count). The molecule has 0 unspecified atom stereocenters. The van der Waals surface area contributed by atoms with Gasteiger partial charge in [0, 0.05) is 5.56 Å². The minimum Gasteiger partial charge on any atom is -0.496 e. The summed E-state index contributed by atoms with van der Waals surface area (Å²) in [5.41, 5.74) is 2.40. The quantitative estimate of drug-likeness (QED) is 0.401. The summed E-state index contributed by atoms with van der Waals surface area (Å²) in [6, 6.07) is 10.7. The number of benzene rings is 2. The summed E-state index contributed by atoms with van der Waals surface area (Å²) < 4.78 is 38.0. The number of alkyl halides is 2. The van der Waals surface area contributed by atoms with Crippen LogP contribution in [0.4, 0.5) is 8.78 Å². The number of aryl methyl sites for hydroxylation is 1. The first-order valence-electron chi connectivity index (χ1n) is 8.44. The zero-order valence-corrected chi connectivity index (χ0v) is 17.1. The van der Waals surface area contributed by atoms with E-state index < -0.39 is 12.2 Å². The van der Waals surface area contributed by atoms with E-state index in [0.29, 0.717) is 22.1 Å². The molecule has 29 heavy (non-hydrogen) atoms. The van der Waals surface area contributed by atoms with E-state index in [4.69, 9.17) is 33.3 Å². The highest BCUT2D eigenvalue weighted by Gasteiger charge is 2.16. The van der Waals surface area contributed by atoms with E-state index in [2.05, 4.69) is 15.3 Å². The summed E-state index contributed by atoms with van der Waals surface area (Å²) in [6.45, 7) is 2.13. The van der Waals surface area contributed by atoms with Crippen LogP contribution in [0.15, 0.2) is 41.5 Å². The molecule has 0 saturated heterocycles. The van der Waals surface area contributed by atoms with Crippen molar-refractivity contribution in [2.45, 2.75) is 20.0 Å². The molecule has 0 bridgehead atoms. The van der Waals surface area contributed by atoms with Gasteiger partial charge in [-0.15, -0.1) is 0 Å². The van der Waals surface area contributed by atoms with Gasteiger partial charge in [-0.1, -0.05) is 17.7 Å². The van der Waals surface area contributed by atoms with Gasteiger partial charge >= 0.3 is 0 Å². The molecule has 6 nitrogen and oxygen atoms in total. The third kappa shape index (κ3) is 4.99. The summed E-state index contributed by atoms with van der Waals surface area (Å²) in [5.74, 6) is 0.598. The molecular formula is C19H17ClF2N4O2S. The fourth-order valence-corrected chi connectivity index (χ4v) is 3.03. The zero-order chi connectivity index (χ0) is 21.0. The van der Waals surface area contributed by atoms with E-state index in [1.165, 1.54) is 6.21 Å². The van der Waals surface area contributed by atoms with Crippen molar-refractivity contribution in [1.82, 2.24) is 14.9 Å². The van der Waals surface area contributed by atoms with Crippen LogP contribution in [0.1, 0.15) is 28.9 Å². The molecule has 10 heteroatoms. The first-order valence-corrected chi connectivity index (χ1v) is 9.23. The molecule has 0 atom stereocenters. The van der Waals surface area contributed by atoms with Gasteiger partial charge in [0.15, 0.2) is 0 Å². The Hall–Kier alpha value is -2.78. The van der Waals surface area contributed by atoms with Crippen LogP contribution < -0.4 is 9.47 Å². The van der Waals surface area contributed by atoms with E-state index in [1.807, 2.05) is 19.1 Å². The molecule has 1 heterocycles. The van der Waals surface area contributed by atoms with Crippen LogP contribution in [0.2, 0.25) is 5.02 Å². The lowest BCUT2D eigenvalue weighted by Crippen LogP contribution is -2.02. The lowest BCUT2D eigenvalue weighted by molar-refractivity contribution is 0.136. The molecule has 0 spiro atoms. The number of nitrogens with zero attached hydrogens (tertiary/aromatic N) is 3. The van der Waals surface area contributed by atoms with Gasteiger partial charge in [-0.3, -0.25) is 0 Å².